The molecule has 1 aliphatic carbocycles. The molecule has 1 aromatic carbocycles. The van der Waals surface area contributed by atoms with Crippen LogP contribution in [0.4, 0.5) is 0 Å². The number of piperidine rings is 1. The zero-order valence-corrected chi connectivity index (χ0v) is 11.4. The van der Waals surface area contributed by atoms with Crippen LogP contribution in [0.2, 0.25) is 0 Å². The first-order chi connectivity index (χ1) is 9.25. The second kappa shape index (κ2) is 5.33. The summed E-state index contributed by atoms with van der Waals surface area (Å²) < 4.78 is 0. The fourth-order valence-corrected chi connectivity index (χ4v) is 3.10. The van der Waals surface area contributed by atoms with Gasteiger partial charge in [-0.25, -0.2) is 0 Å². The minimum Gasteiger partial charge on any atom is -0.351 e. The molecule has 0 radical (unpaired) electrons. The van der Waals surface area contributed by atoms with E-state index < -0.39 is 0 Å². The Morgan fingerprint density at radius 3 is 2.84 bits per heavy atom. The summed E-state index contributed by atoms with van der Waals surface area (Å²) in [5.41, 5.74) is 1.34. The van der Waals surface area contributed by atoms with E-state index >= 15 is 0 Å². The van der Waals surface area contributed by atoms with Crippen molar-refractivity contribution in [3.8, 4) is 0 Å². The molecule has 1 aromatic rings. The second-order valence-electron chi connectivity index (χ2n) is 5.92. The lowest BCUT2D eigenvalue weighted by Crippen LogP contribution is -2.51. The van der Waals surface area contributed by atoms with Gasteiger partial charge in [0.25, 0.3) is 0 Å². The van der Waals surface area contributed by atoms with Gasteiger partial charge in [-0.3, -0.25) is 4.79 Å². The van der Waals surface area contributed by atoms with Crippen LogP contribution < -0.4 is 10.6 Å². The van der Waals surface area contributed by atoms with E-state index in [4.69, 9.17) is 0 Å². The van der Waals surface area contributed by atoms with Gasteiger partial charge in [-0.05, 0) is 37.3 Å². The van der Waals surface area contributed by atoms with Crippen molar-refractivity contribution >= 4 is 5.91 Å². The zero-order valence-electron chi connectivity index (χ0n) is 11.4. The SMILES string of the molecule is CC1CCCNC1C(=O)NC1CC1c1ccccc1. The van der Waals surface area contributed by atoms with E-state index in [0.717, 1.165) is 19.4 Å². The fraction of sp³-hybridized carbons (Fsp3) is 0.562. The molecule has 2 N–H and O–H groups in total. The van der Waals surface area contributed by atoms with Gasteiger partial charge < -0.3 is 10.6 Å². The maximum atomic E-state index is 12.3. The summed E-state index contributed by atoms with van der Waals surface area (Å²) >= 11 is 0. The molecule has 19 heavy (non-hydrogen) atoms. The second-order valence-corrected chi connectivity index (χ2v) is 5.92. The molecule has 3 heteroatoms. The third kappa shape index (κ3) is 2.81. The molecule has 4 atom stereocenters. The largest absolute Gasteiger partial charge is 0.351 e. The van der Waals surface area contributed by atoms with Crippen molar-refractivity contribution in [3.05, 3.63) is 35.9 Å². The van der Waals surface area contributed by atoms with Gasteiger partial charge in [0.15, 0.2) is 0 Å². The van der Waals surface area contributed by atoms with E-state index in [-0.39, 0.29) is 11.9 Å². The van der Waals surface area contributed by atoms with E-state index in [9.17, 15) is 4.79 Å². The predicted octanol–water partition coefficient (Wildman–Crippen LogP) is 2.05. The number of amides is 1. The highest BCUT2D eigenvalue weighted by Gasteiger charge is 2.41. The summed E-state index contributed by atoms with van der Waals surface area (Å²) in [5, 5.41) is 6.55. The van der Waals surface area contributed by atoms with Crippen LogP contribution >= 0.6 is 0 Å². The van der Waals surface area contributed by atoms with Crippen LogP contribution in [0.15, 0.2) is 30.3 Å². The van der Waals surface area contributed by atoms with Crippen molar-refractivity contribution in [1.82, 2.24) is 10.6 Å². The smallest absolute Gasteiger partial charge is 0.237 e. The van der Waals surface area contributed by atoms with Gasteiger partial charge in [-0.15, -0.1) is 0 Å². The van der Waals surface area contributed by atoms with Crippen LogP contribution in [-0.2, 0) is 4.79 Å². The number of carbonyl (C=O) groups excluding carboxylic acids is 1. The van der Waals surface area contributed by atoms with Crippen LogP contribution in [0.3, 0.4) is 0 Å². The van der Waals surface area contributed by atoms with Gasteiger partial charge in [0.1, 0.15) is 0 Å². The Labute approximate surface area is 114 Å². The Balaban J connectivity index is 1.54. The minimum absolute atomic E-state index is 0.00535. The van der Waals surface area contributed by atoms with Crippen LogP contribution in [0.5, 0.6) is 0 Å². The molecule has 0 spiro atoms. The first-order valence-electron chi connectivity index (χ1n) is 7.34. The average Bonchev–Trinajstić information content (AvgIpc) is 3.19. The zero-order chi connectivity index (χ0) is 13.2. The molecule has 1 heterocycles. The molecule has 0 bridgehead atoms. The third-order valence-electron chi connectivity index (χ3n) is 4.40. The Kier molecular flexibility index (Phi) is 3.56. The lowest BCUT2D eigenvalue weighted by molar-refractivity contribution is -0.125. The Bertz CT molecular complexity index is 445. The summed E-state index contributed by atoms with van der Waals surface area (Å²) in [6.45, 7) is 3.13. The van der Waals surface area contributed by atoms with E-state index in [1.165, 1.54) is 12.0 Å². The monoisotopic (exact) mass is 258 g/mol. The van der Waals surface area contributed by atoms with Crippen LogP contribution in [0.1, 0.15) is 37.7 Å². The van der Waals surface area contributed by atoms with E-state index in [2.05, 4.69) is 41.8 Å². The summed E-state index contributed by atoms with van der Waals surface area (Å²) in [6.07, 6.45) is 3.41. The predicted molar refractivity (Wildman–Crippen MR) is 75.9 cm³/mol. The Morgan fingerprint density at radius 1 is 1.32 bits per heavy atom. The molecule has 102 valence electrons. The number of benzene rings is 1. The van der Waals surface area contributed by atoms with Crippen LogP contribution in [0.25, 0.3) is 0 Å². The topological polar surface area (TPSA) is 41.1 Å². The number of hydrogen-bond acceptors (Lipinski definition) is 2. The first-order valence-corrected chi connectivity index (χ1v) is 7.34. The molecule has 1 saturated heterocycles. The summed E-state index contributed by atoms with van der Waals surface area (Å²) in [7, 11) is 0. The van der Waals surface area contributed by atoms with Gasteiger partial charge >= 0.3 is 0 Å². The Morgan fingerprint density at radius 2 is 2.11 bits per heavy atom. The van der Waals surface area contributed by atoms with Gasteiger partial charge in [-0.2, -0.15) is 0 Å². The molecule has 1 saturated carbocycles. The van der Waals surface area contributed by atoms with E-state index in [1.807, 2.05) is 6.07 Å². The van der Waals surface area contributed by atoms with E-state index in [0.29, 0.717) is 17.9 Å². The highest BCUT2D eigenvalue weighted by Crippen LogP contribution is 2.40. The maximum absolute atomic E-state index is 12.3. The molecular formula is C16H22N2O. The standard InChI is InChI=1S/C16H22N2O/c1-11-6-5-9-17-15(11)16(19)18-14-10-13(14)12-7-3-2-4-8-12/h2-4,7-8,11,13-15,17H,5-6,9-10H2,1H3,(H,18,19). The van der Waals surface area contributed by atoms with Crippen molar-refractivity contribution in [3.63, 3.8) is 0 Å². The number of nitrogens with one attached hydrogen (secondary N) is 2. The molecule has 1 amide bonds. The van der Waals surface area contributed by atoms with Crippen molar-refractivity contribution in [2.24, 2.45) is 5.92 Å². The van der Waals surface area contributed by atoms with Crippen LogP contribution in [0, 0.1) is 5.92 Å². The molecule has 2 aliphatic rings. The summed E-state index contributed by atoms with van der Waals surface area (Å²) in [4.78, 5) is 12.3. The quantitative estimate of drug-likeness (QED) is 0.871. The first kappa shape index (κ1) is 12.7. The maximum Gasteiger partial charge on any atom is 0.237 e. The molecule has 3 rings (SSSR count). The summed E-state index contributed by atoms with van der Waals surface area (Å²) in [5.74, 6) is 1.15. The minimum atomic E-state index is 0.00535. The molecular weight excluding hydrogens is 236 g/mol. The molecule has 3 nitrogen and oxygen atoms in total. The summed E-state index contributed by atoms with van der Waals surface area (Å²) in [6, 6.07) is 10.8. The van der Waals surface area contributed by atoms with Crippen LogP contribution in [-0.4, -0.2) is 24.5 Å². The Hall–Kier alpha value is -1.35. The fourth-order valence-electron chi connectivity index (χ4n) is 3.10. The highest BCUT2D eigenvalue weighted by atomic mass is 16.2. The molecule has 1 aliphatic heterocycles. The highest BCUT2D eigenvalue weighted by molar-refractivity contribution is 5.83. The lowest BCUT2D eigenvalue weighted by atomic mass is 9.92. The van der Waals surface area contributed by atoms with E-state index in [1.54, 1.807) is 0 Å². The van der Waals surface area contributed by atoms with Gasteiger partial charge in [0, 0.05) is 12.0 Å². The van der Waals surface area contributed by atoms with Crippen molar-refractivity contribution in [2.45, 2.75) is 44.2 Å². The number of carbonyl (C=O) groups is 1. The normalized spacial score (nSPS) is 33.7. The van der Waals surface area contributed by atoms with Gasteiger partial charge in [-0.1, -0.05) is 37.3 Å². The number of rotatable bonds is 3. The lowest BCUT2D eigenvalue weighted by Gasteiger charge is -2.29. The average molecular weight is 258 g/mol. The molecule has 2 fully saturated rings. The third-order valence-corrected chi connectivity index (χ3v) is 4.40. The van der Waals surface area contributed by atoms with Crippen molar-refractivity contribution in [2.75, 3.05) is 6.54 Å². The number of hydrogen-bond donors (Lipinski definition) is 2. The van der Waals surface area contributed by atoms with Crippen molar-refractivity contribution in [1.29, 1.82) is 0 Å². The van der Waals surface area contributed by atoms with Gasteiger partial charge in [0.05, 0.1) is 6.04 Å². The van der Waals surface area contributed by atoms with Crippen molar-refractivity contribution < 1.29 is 4.79 Å². The molecule has 4 unspecified atom stereocenters. The molecule has 0 aromatic heterocycles. The van der Waals surface area contributed by atoms with Gasteiger partial charge in [0.2, 0.25) is 5.91 Å².